The summed E-state index contributed by atoms with van der Waals surface area (Å²) in [6.07, 6.45) is 5.15. The van der Waals surface area contributed by atoms with Gasteiger partial charge in [-0.05, 0) is 38.3 Å². The Morgan fingerprint density at radius 1 is 1.33 bits per heavy atom. The lowest BCUT2D eigenvalue weighted by molar-refractivity contribution is 0.453. The minimum absolute atomic E-state index is 0.491. The van der Waals surface area contributed by atoms with Gasteiger partial charge >= 0.3 is 0 Å². The van der Waals surface area contributed by atoms with Crippen molar-refractivity contribution in [3.63, 3.8) is 0 Å². The van der Waals surface area contributed by atoms with Crippen LogP contribution in [0.2, 0.25) is 0 Å². The molecule has 0 aliphatic heterocycles. The van der Waals surface area contributed by atoms with Crippen molar-refractivity contribution in [1.82, 2.24) is 15.0 Å². The summed E-state index contributed by atoms with van der Waals surface area (Å²) in [7, 11) is 0. The van der Waals surface area contributed by atoms with Crippen LogP contribution in [-0.2, 0) is 0 Å². The Hall–Kier alpha value is -2.17. The fourth-order valence-electron chi connectivity index (χ4n) is 2.05. The number of pyridine rings is 1. The Morgan fingerprint density at radius 3 is 2.90 bits per heavy atom. The Morgan fingerprint density at radius 2 is 2.19 bits per heavy atom. The molecule has 0 unspecified atom stereocenters. The number of hydrogen-bond donors (Lipinski definition) is 1. The van der Waals surface area contributed by atoms with Crippen molar-refractivity contribution in [2.24, 2.45) is 0 Å². The second-order valence-corrected chi connectivity index (χ2v) is 5.34. The van der Waals surface area contributed by atoms with E-state index in [-0.39, 0.29) is 0 Å². The first-order chi connectivity index (χ1) is 10.3. The molecule has 2 aromatic rings. The average Bonchev–Trinajstić information content (AvgIpc) is 3.32. The molecule has 0 amide bonds. The zero-order chi connectivity index (χ0) is 14.7. The lowest BCUT2D eigenvalue weighted by atomic mass is 10.3. The Labute approximate surface area is 124 Å². The molecule has 110 valence electrons. The van der Waals surface area contributed by atoms with E-state index in [4.69, 9.17) is 4.74 Å². The fraction of sp³-hybridized carbons (Fsp3) is 0.438. The van der Waals surface area contributed by atoms with Crippen molar-refractivity contribution in [2.45, 2.75) is 39.0 Å². The number of aromatic nitrogens is 3. The number of ether oxygens (including phenoxy) is 1. The van der Waals surface area contributed by atoms with Gasteiger partial charge in [-0.25, -0.2) is 4.98 Å². The molecule has 21 heavy (non-hydrogen) atoms. The number of rotatable bonds is 6. The van der Waals surface area contributed by atoms with Gasteiger partial charge < -0.3 is 10.1 Å². The van der Waals surface area contributed by atoms with Crippen molar-refractivity contribution in [3.8, 4) is 11.6 Å². The molecular weight excluding hydrogens is 264 g/mol. The topological polar surface area (TPSA) is 59.9 Å². The van der Waals surface area contributed by atoms with E-state index < -0.39 is 0 Å². The van der Waals surface area contributed by atoms with E-state index in [1.165, 1.54) is 12.8 Å². The van der Waals surface area contributed by atoms with E-state index in [2.05, 4.69) is 27.2 Å². The summed E-state index contributed by atoms with van der Waals surface area (Å²) in [6.45, 7) is 4.95. The highest BCUT2D eigenvalue weighted by atomic mass is 16.5. The summed E-state index contributed by atoms with van der Waals surface area (Å²) in [5.41, 5.74) is 0.854. The van der Waals surface area contributed by atoms with Gasteiger partial charge in [-0.2, -0.15) is 4.98 Å². The molecule has 0 bridgehead atoms. The largest absolute Gasteiger partial charge is 0.437 e. The predicted molar refractivity (Wildman–Crippen MR) is 81.8 cm³/mol. The molecule has 2 aromatic heterocycles. The maximum Gasteiger partial charge on any atom is 0.224 e. The summed E-state index contributed by atoms with van der Waals surface area (Å²) in [5.74, 6) is 3.53. The molecule has 0 radical (unpaired) electrons. The van der Waals surface area contributed by atoms with Crippen LogP contribution in [0.5, 0.6) is 11.6 Å². The van der Waals surface area contributed by atoms with Gasteiger partial charge in [0.25, 0.3) is 0 Å². The van der Waals surface area contributed by atoms with E-state index in [9.17, 15) is 0 Å². The smallest absolute Gasteiger partial charge is 0.224 e. The molecule has 1 aliphatic rings. The first-order valence-corrected chi connectivity index (χ1v) is 7.48. The molecule has 1 fully saturated rings. The Bertz CT molecular complexity index is 625. The van der Waals surface area contributed by atoms with Crippen LogP contribution in [0.15, 0.2) is 24.4 Å². The van der Waals surface area contributed by atoms with Crippen LogP contribution >= 0.6 is 0 Å². The highest BCUT2D eigenvalue weighted by Crippen LogP contribution is 2.39. The number of hydrogen-bond acceptors (Lipinski definition) is 5. The van der Waals surface area contributed by atoms with E-state index in [0.717, 1.165) is 36.1 Å². The summed E-state index contributed by atoms with van der Waals surface area (Å²) in [5, 5.41) is 3.31. The number of nitrogens with one attached hydrogen (secondary N) is 1. The number of anilines is 1. The first-order valence-electron chi connectivity index (χ1n) is 7.48. The van der Waals surface area contributed by atoms with Crippen molar-refractivity contribution < 1.29 is 4.74 Å². The van der Waals surface area contributed by atoms with Gasteiger partial charge in [0.15, 0.2) is 5.75 Å². The molecule has 0 saturated heterocycles. The van der Waals surface area contributed by atoms with Crippen molar-refractivity contribution in [2.75, 3.05) is 11.9 Å². The van der Waals surface area contributed by atoms with E-state index in [0.29, 0.717) is 11.8 Å². The molecule has 1 N–H and O–H groups in total. The normalized spacial score (nSPS) is 14.0. The van der Waals surface area contributed by atoms with Gasteiger partial charge in [0.05, 0.1) is 5.69 Å². The van der Waals surface area contributed by atoms with Gasteiger partial charge in [-0.3, -0.25) is 4.98 Å². The molecule has 0 aromatic carbocycles. The van der Waals surface area contributed by atoms with Crippen LogP contribution in [0, 0.1) is 6.92 Å². The van der Waals surface area contributed by atoms with Crippen molar-refractivity contribution in [3.05, 3.63) is 35.9 Å². The summed E-state index contributed by atoms with van der Waals surface area (Å²) in [4.78, 5) is 13.4. The highest BCUT2D eigenvalue weighted by Gasteiger charge is 2.27. The standard InChI is InChI=1S/C16H20N4O/c1-3-8-18-14-10-15(20-16(19-14)12-6-7-12)21-13-5-4-9-17-11(13)2/h4-5,9-10,12H,3,6-8H2,1-2H3,(H,18,19,20). The number of nitrogens with zero attached hydrogens (tertiary/aromatic N) is 3. The first kappa shape index (κ1) is 13.8. The third-order valence-electron chi connectivity index (χ3n) is 3.39. The van der Waals surface area contributed by atoms with E-state index in [1.807, 2.05) is 25.1 Å². The maximum absolute atomic E-state index is 5.89. The molecule has 0 spiro atoms. The highest BCUT2D eigenvalue weighted by molar-refractivity contribution is 5.41. The minimum Gasteiger partial charge on any atom is -0.437 e. The summed E-state index contributed by atoms with van der Waals surface area (Å²) < 4.78 is 5.89. The zero-order valence-corrected chi connectivity index (χ0v) is 12.5. The lowest BCUT2D eigenvalue weighted by Crippen LogP contribution is -2.06. The molecule has 2 heterocycles. The SMILES string of the molecule is CCCNc1cc(Oc2cccnc2C)nc(C2CC2)n1. The summed E-state index contributed by atoms with van der Waals surface area (Å²) >= 11 is 0. The lowest BCUT2D eigenvalue weighted by Gasteiger charge is -2.11. The molecule has 0 atom stereocenters. The molecule has 5 nitrogen and oxygen atoms in total. The van der Waals surface area contributed by atoms with Crippen LogP contribution in [0.4, 0.5) is 5.82 Å². The monoisotopic (exact) mass is 284 g/mol. The minimum atomic E-state index is 0.491. The second kappa shape index (κ2) is 6.08. The Kier molecular flexibility index (Phi) is 3.99. The second-order valence-electron chi connectivity index (χ2n) is 5.34. The molecule has 1 aliphatic carbocycles. The zero-order valence-electron chi connectivity index (χ0n) is 12.5. The molecule has 3 rings (SSSR count). The van der Waals surface area contributed by atoms with Gasteiger partial charge in [-0.15, -0.1) is 0 Å². The maximum atomic E-state index is 5.89. The fourth-order valence-corrected chi connectivity index (χ4v) is 2.05. The van der Waals surface area contributed by atoms with Gasteiger partial charge in [-0.1, -0.05) is 6.92 Å². The van der Waals surface area contributed by atoms with E-state index >= 15 is 0 Å². The van der Waals surface area contributed by atoms with Gasteiger partial charge in [0.2, 0.25) is 5.88 Å². The van der Waals surface area contributed by atoms with Crippen LogP contribution in [0.25, 0.3) is 0 Å². The van der Waals surface area contributed by atoms with Gasteiger partial charge in [0.1, 0.15) is 11.6 Å². The van der Waals surface area contributed by atoms with Crippen LogP contribution in [0.1, 0.15) is 43.6 Å². The molecular formula is C16H20N4O. The van der Waals surface area contributed by atoms with Crippen LogP contribution < -0.4 is 10.1 Å². The third-order valence-corrected chi connectivity index (χ3v) is 3.39. The number of aryl methyl sites for hydroxylation is 1. The van der Waals surface area contributed by atoms with Crippen LogP contribution in [-0.4, -0.2) is 21.5 Å². The van der Waals surface area contributed by atoms with Crippen LogP contribution in [0.3, 0.4) is 0 Å². The summed E-state index contributed by atoms with van der Waals surface area (Å²) in [6, 6.07) is 5.62. The average molecular weight is 284 g/mol. The third kappa shape index (κ3) is 3.48. The van der Waals surface area contributed by atoms with Gasteiger partial charge in [0, 0.05) is 24.7 Å². The predicted octanol–water partition coefficient (Wildman–Crippen LogP) is 3.67. The van der Waals surface area contributed by atoms with E-state index in [1.54, 1.807) is 6.20 Å². The molecule has 5 heteroatoms. The Balaban J connectivity index is 1.86. The van der Waals surface area contributed by atoms with Crippen molar-refractivity contribution >= 4 is 5.82 Å². The molecule has 1 saturated carbocycles. The van der Waals surface area contributed by atoms with Crippen molar-refractivity contribution in [1.29, 1.82) is 0 Å². The quantitative estimate of drug-likeness (QED) is 0.877.